The van der Waals surface area contributed by atoms with Crippen LogP contribution in [0.25, 0.3) is 11.0 Å². The minimum absolute atomic E-state index is 0.0713. The highest BCUT2D eigenvalue weighted by molar-refractivity contribution is 7.89. The monoisotopic (exact) mass is 551 g/mol. The number of hydrogen-bond donors (Lipinski definition) is 3. The van der Waals surface area contributed by atoms with Crippen molar-refractivity contribution in [1.82, 2.24) is 9.71 Å². The maximum atomic E-state index is 13.7. The summed E-state index contributed by atoms with van der Waals surface area (Å²) in [5.41, 5.74) is 2.16. The first-order valence-electron chi connectivity index (χ1n) is 13.8. The van der Waals surface area contributed by atoms with Crippen LogP contribution in [0.5, 0.6) is 0 Å². The number of piperidine rings is 2. The summed E-state index contributed by atoms with van der Waals surface area (Å²) in [6, 6.07) is 8.28. The Labute approximate surface area is 227 Å². The average Bonchev–Trinajstić information content (AvgIpc) is 3.76. The van der Waals surface area contributed by atoms with Crippen LogP contribution < -0.4 is 19.8 Å². The number of nitrogens with zero attached hydrogens (tertiary/aromatic N) is 3. The van der Waals surface area contributed by atoms with Gasteiger partial charge in [-0.05, 0) is 79.7 Å². The number of rotatable bonds is 8. The highest BCUT2D eigenvalue weighted by Crippen LogP contribution is 2.54. The lowest BCUT2D eigenvalue weighted by molar-refractivity contribution is 0.102. The quantitative estimate of drug-likeness (QED) is 0.390. The molecule has 7 rings (SSSR count). The summed E-state index contributed by atoms with van der Waals surface area (Å²) in [6.07, 6.45) is 7.48. The summed E-state index contributed by atoms with van der Waals surface area (Å²) in [5.74, 6) is 2.29. The fourth-order valence-corrected chi connectivity index (χ4v) is 7.33. The Hall–Kier alpha value is -3.15. The van der Waals surface area contributed by atoms with E-state index >= 15 is 0 Å². The second-order valence-corrected chi connectivity index (χ2v) is 13.3. The second-order valence-electron chi connectivity index (χ2n) is 11.6. The molecule has 0 radical (unpaired) electrons. The molecule has 2 saturated carbocycles. The van der Waals surface area contributed by atoms with E-state index in [4.69, 9.17) is 14.5 Å². The van der Waals surface area contributed by atoms with Crippen molar-refractivity contribution in [2.45, 2.75) is 37.0 Å². The van der Waals surface area contributed by atoms with Crippen LogP contribution >= 0.6 is 0 Å². The number of aliphatic hydroxyl groups excluding tert-OH is 1. The number of nitrogens with one attached hydrogen (secondary N) is 2. The number of hydrogen-bond acceptors (Lipinski definition) is 8. The molecule has 39 heavy (non-hydrogen) atoms. The van der Waals surface area contributed by atoms with Crippen LogP contribution in [0.3, 0.4) is 0 Å². The normalized spacial score (nSPS) is 23.3. The van der Waals surface area contributed by atoms with Crippen molar-refractivity contribution in [3.8, 4) is 0 Å². The van der Waals surface area contributed by atoms with Crippen molar-refractivity contribution in [3.05, 3.63) is 42.2 Å². The van der Waals surface area contributed by atoms with Crippen molar-refractivity contribution in [1.29, 1.82) is 0 Å². The molecule has 3 aromatic rings. The number of carbonyl (C=O) groups is 1. The molecular formula is C28H33N5O5S. The number of aliphatic hydroxyl groups is 1. The van der Waals surface area contributed by atoms with Gasteiger partial charge in [-0.25, -0.2) is 18.1 Å². The number of benzene rings is 1. The molecule has 3 N–H and O–H groups in total. The number of aromatic nitrogens is 1. The predicted molar refractivity (Wildman–Crippen MR) is 148 cm³/mol. The molecule has 2 atom stereocenters. The van der Waals surface area contributed by atoms with E-state index in [1.807, 2.05) is 12.1 Å². The first kappa shape index (κ1) is 24.9. The van der Waals surface area contributed by atoms with Gasteiger partial charge in [-0.2, -0.15) is 0 Å². The van der Waals surface area contributed by atoms with E-state index in [0.717, 1.165) is 67.6 Å². The Kier molecular flexibility index (Phi) is 5.87. The van der Waals surface area contributed by atoms with Gasteiger partial charge in [-0.15, -0.1) is 0 Å². The van der Waals surface area contributed by atoms with E-state index in [1.54, 1.807) is 18.4 Å². The zero-order valence-electron chi connectivity index (χ0n) is 21.7. The minimum atomic E-state index is -3.83. The molecule has 1 spiro atoms. The van der Waals surface area contributed by atoms with Gasteiger partial charge in [-0.1, -0.05) is 0 Å². The van der Waals surface area contributed by atoms with Gasteiger partial charge in [0.25, 0.3) is 5.91 Å². The Morgan fingerprint density at radius 2 is 1.85 bits per heavy atom. The van der Waals surface area contributed by atoms with Crippen LogP contribution in [0.2, 0.25) is 0 Å². The van der Waals surface area contributed by atoms with E-state index in [2.05, 4.69) is 19.8 Å². The van der Waals surface area contributed by atoms with Crippen molar-refractivity contribution >= 4 is 44.2 Å². The molecule has 0 bridgehead atoms. The number of pyridine rings is 1. The summed E-state index contributed by atoms with van der Waals surface area (Å²) in [6.45, 7) is 3.07. The number of furan rings is 1. The van der Waals surface area contributed by atoms with E-state index in [1.165, 1.54) is 25.3 Å². The van der Waals surface area contributed by atoms with E-state index in [9.17, 15) is 13.2 Å². The molecule has 206 valence electrons. The largest absolute Gasteiger partial charge is 0.460 e. The van der Waals surface area contributed by atoms with Crippen LogP contribution in [-0.2, 0) is 10.0 Å². The van der Waals surface area contributed by atoms with Gasteiger partial charge < -0.3 is 24.6 Å². The Morgan fingerprint density at radius 1 is 1.08 bits per heavy atom. The molecule has 1 amide bonds. The number of anilines is 3. The fraction of sp³-hybridized carbons (Fsp3) is 0.500. The van der Waals surface area contributed by atoms with E-state index in [0.29, 0.717) is 22.5 Å². The van der Waals surface area contributed by atoms with Crippen LogP contribution in [0.15, 0.2) is 45.9 Å². The third-order valence-corrected chi connectivity index (χ3v) is 10.4. The molecule has 10 nitrogen and oxygen atoms in total. The molecule has 4 heterocycles. The van der Waals surface area contributed by atoms with Crippen LogP contribution in [0.4, 0.5) is 17.3 Å². The topological polar surface area (TPSA) is 128 Å². The molecule has 2 unspecified atom stereocenters. The first-order valence-corrected chi connectivity index (χ1v) is 15.3. The van der Waals surface area contributed by atoms with Crippen LogP contribution in [-0.4, -0.2) is 63.7 Å². The Bertz CT molecular complexity index is 1530. The molecule has 2 saturated heterocycles. The van der Waals surface area contributed by atoms with E-state index in [-0.39, 0.29) is 24.0 Å². The summed E-state index contributed by atoms with van der Waals surface area (Å²) < 4.78 is 33.8. The first-order chi connectivity index (χ1) is 18.8. The summed E-state index contributed by atoms with van der Waals surface area (Å²) in [5, 5.41) is 13.0. The molecule has 2 aliphatic heterocycles. The number of fused-ring (bicyclic) bond motifs is 2. The highest BCUT2D eigenvalue weighted by atomic mass is 32.2. The number of amides is 1. The Balaban J connectivity index is 1.20. The maximum absolute atomic E-state index is 13.7. The minimum Gasteiger partial charge on any atom is -0.460 e. The van der Waals surface area contributed by atoms with Gasteiger partial charge >= 0.3 is 0 Å². The lowest BCUT2D eigenvalue weighted by atomic mass is 9.93. The van der Waals surface area contributed by atoms with E-state index < -0.39 is 10.0 Å². The molecule has 2 aliphatic carbocycles. The summed E-state index contributed by atoms with van der Waals surface area (Å²) in [7, 11) is -3.83. The van der Waals surface area contributed by atoms with Crippen molar-refractivity contribution in [2.75, 3.05) is 54.4 Å². The molecular weight excluding hydrogens is 518 g/mol. The number of carbonyl (C=O) groups excluding carboxylic acids is 1. The smallest absolute Gasteiger partial charge is 0.258 e. The molecule has 11 heteroatoms. The fourth-order valence-electron chi connectivity index (χ4n) is 6.29. The zero-order chi connectivity index (χ0) is 26.8. The SMILES string of the molecule is O=C(Nc1cc2ccoc2c(N2CC3CC3C2)n1)c1ccc(S(=O)(=O)NCCO)cc1N1CCC2(CC1)CC2. The summed E-state index contributed by atoms with van der Waals surface area (Å²) in [4.78, 5) is 22.9. The van der Waals surface area contributed by atoms with Crippen molar-refractivity contribution < 1.29 is 22.7 Å². The summed E-state index contributed by atoms with van der Waals surface area (Å²) >= 11 is 0. The van der Waals surface area contributed by atoms with Gasteiger partial charge in [0.2, 0.25) is 10.0 Å². The van der Waals surface area contributed by atoms with Gasteiger partial charge in [0.05, 0.1) is 29.0 Å². The van der Waals surface area contributed by atoms with Gasteiger partial charge in [0, 0.05) is 38.1 Å². The van der Waals surface area contributed by atoms with Gasteiger partial charge in [-0.3, -0.25) is 4.79 Å². The predicted octanol–water partition coefficient (Wildman–Crippen LogP) is 3.19. The second kappa shape index (κ2) is 9.21. The zero-order valence-corrected chi connectivity index (χ0v) is 22.5. The molecule has 4 fully saturated rings. The van der Waals surface area contributed by atoms with Crippen LogP contribution in [0.1, 0.15) is 42.5 Å². The Morgan fingerprint density at radius 3 is 2.56 bits per heavy atom. The van der Waals surface area contributed by atoms with Gasteiger partial charge in [0.1, 0.15) is 5.82 Å². The lowest BCUT2D eigenvalue weighted by Crippen LogP contribution is -2.36. The molecule has 1 aromatic carbocycles. The van der Waals surface area contributed by atoms with Crippen molar-refractivity contribution in [3.63, 3.8) is 0 Å². The standard InChI is InChI=1S/C28H33N5O5S/c34-11-8-29-39(36,37)21-1-2-22(23(15-21)32-9-6-28(4-5-28)7-10-32)27(35)31-24-14-18-3-12-38-25(18)26(30-24)33-16-19-13-20(19)17-33/h1-3,12,14-15,19-20,29,34H,4-11,13,16-17H2,(H,30,31,35). The third kappa shape index (κ3) is 4.66. The third-order valence-electron chi connectivity index (χ3n) is 8.99. The van der Waals surface area contributed by atoms with Gasteiger partial charge in [0.15, 0.2) is 11.4 Å². The highest BCUT2D eigenvalue weighted by Gasteiger charge is 2.46. The van der Waals surface area contributed by atoms with Crippen LogP contribution in [0, 0.1) is 17.3 Å². The average molecular weight is 552 g/mol. The van der Waals surface area contributed by atoms with Crippen molar-refractivity contribution in [2.24, 2.45) is 17.3 Å². The molecule has 4 aliphatic rings. The lowest BCUT2D eigenvalue weighted by Gasteiger charge is -2.35. The molecule has 2 aromatic heterocycles. The maximum Gasteiger partial charge on any atom is 0.258 e. The number of sulfonamides is 1.